The Balaban J connectivity index is 2.62. The van der Waals surface area contributed by atoms with E-state index in [2.05, 4.69) is 13.0 Å². The van der Waals surface area contributed by atoms with Gasteiger partial charge in [-0.2, -0.15) is 0 Å². The van der Waals surface area contributed by atoms with E-state index in [1.165, 1.54) is 6.08 Å². The molecule has 0 saturated heterocycles. The lowest BCUT2D eigenvalue weighted by Gasteiger charge is -2.18. The fourth-order valence-corrected chi connectivity index (χ4v) is 2.90. The highest BCUT2D eigenvalue weighted by Gasteiger charge is 2.17. The molecule has 152 valence electrons. The second-order valence-corrected chi connectivity index (χ2v) is 5.96. The first-order valence-electron chi connectivity index (χ1n) is 9.33. The smallest absolute Gasteiger partial charge is 0.330 e. The molecule has 0 unspecified atom stereocenters. The van der Waals surface area contributed by atoms with Crippen LogP contribution in [0, 0.1) is 0 Å². The molecular formula is C22H28O6. The van der Waals surface area contributed by atoms with Crippen molar-refractivity contribution >= 4 is 22.8 Å². The molecule has 6 nitrogen and oxygen atoms in total. The summed E-state index contributed by atoms with van der Waals surface area (Å²) in [5, 5.41) is 1.91. The van der Waals surface area contributed by atoms with Crippen LogP contribution >= 0.6 is 0 Å². The summed E-state index contributed by atoms with van der Waals surface area (Å²) in [4.78, 5) is 11.8. The summed E-state index contributed by atoms with van der Waals surface area (Å²) < 4.78 is 27.0. The fourth-order valence-electron chi connectivity index (χ4n) is 2.90. The summed E-state index contributed by atoms with van der Waals surface area (Å²) in [6.07, 6.45) is 3.98. The molecule has 0 heterocycles. The average molecular weight is 388 g/mol. The van der Waals surface area contributed by atoms with E-state index in [-0.39, 0.29) is 12.8 Å². The molecule has 28 heavy (non-hydrogen) atoms. The predicted molar refractivity (Wildman–Crippen MR) is 109 cm³/mol. The number of benzene rings is 2. The first kappa shape index (κ1) is 21.7. The van der Waals surface area contributed by atoms with Crippen LogP contribution in [0.3, 0.4) is 0 Å². The lowest BCUT2D eigenvalue weighted by molar-refractivity contribution is -0.137. The molecule has 2 aromatic rings. The Labute approximate surface area is 166 Å². The second kappa shape index (κ2) is 11.3. The molecule has 2 aromatic carbocycles. The molecule has 0 radical (unpaired) electrons. The molecular weight excluding hydrogens is 360 g/mol. The maximum Gasteiger partial charge on any atom is 0.330 e. The number of rotatable bonds is 11. The number of hydrogen-bond donors (Lipinski definition) is 0. The normalized spacial score (nSPS) is 11.1. The zero-order chi connectivity index (χ0) is 20.4. The Kier molecular flexibility index (Phi) is 8.78. The summed E-state index contributed by atoms with van der Waals surface area (Å²) in [5.41, 5.74) is 1.96. The zero-order valence-corrected chi connectivity index (χ0v) is 16.9. The first-order valence-corrected chi connectivity index (χ1v) is 9.33. The topological polar surface area (TPSA) is 63.2 Å². The molecule has 2 rings (SSSR count). The standard InChI is InChI=1S/C22H28O6/c1-5-16-8-7-9-18-17(10-11-20(23)26-6-2)14-19(27-13-12-24-3)22(21(16)18)28-15-25-4/h7-11,14H,5-6,12-13,15H2,1-4H3/b11-10-. The van der Waals surface area contributed by atoms with Crippen molar-refractivity contribution in [2.24, 2.45) is 0 Å². The van der Waals surface area contributed by atoms with Gasteiger partial charge >= 0.3 is 5.97 Å². The first-order chi connectivity index (χ1) is 13.7. The van der Waals surface area contributed by atoms with Gasteiger partial charge in [0.25, 0.3) is 0 Å². The lowest BCUT2D eigenvalue weighted by atomic mass is 9.96. The number of carbonyl (C=O) groups excluding carboxylic acids is 1. The van der Waals surface area contributed by atoms with Crippen LogP contribution in [0.1, 0.15) is 25.0 Å². The molecule has 0 amide bonds. The zero-order valence-electron chi connectivity index (χ0n) is 16.9. The van der Waals surface area contributed by atoms with Crippen molar-refractivity contribution in [1.29, 1.82) is 0 Å². The molecule has 0 aliphatic heterocycles. The molecule has 6 heteroatoms. The number of ether oxygens (including phenoxy) is 5. The minimum atomic E-state index is -0.385. The van der Waals surface area contributed by atoms with Gasteiger partial charge in [0.1, 0.15) is 6.61 Å². The predicted octanol–water partition coefficient (Wildman–Crippen LogP) is 3.99. The highest BCUT2D eigenvalue weighted by atomic mass is 16.7. The van der Waals surface area contributed by atoms with Crippen molar-refractivity contribution < 1.29 is 28.5 Å². The number of aryl methyl sites for hydroxylation is 1. The van der Waals surface area contributed by atoms with Gasteiger partial charge in [-0.15, -0.1) is 0 Å². The van der Waals surface area contributed by atoms with Crippen molar-refractivity contribution in [1.82, 2.24) is 0 Å². The molecule has 0 bridgehead atoms. The quantitative estimate of drug-likeness (QED) is 0.251. The number of carbonyl (C=O) groups is 1. The Morgan fingerprint density at radius 2 is 1.89 bits per heavy atom. The molecule has 0 N–H and O–H groups in total. The Hall–Kier alpha value is -2.57. The Morgan fingerprint density at radius 3 is 2.57 bits per heavy atom. The summed E-state index contributed by atoms with van der Waals surface area (Å²) in [6.45, 7) is 5.12. The van der Waals surface area contributed by atoms with Crippen LogP contribution in [0.25, 0.3) is 16.8 Å². The fraction of sp³-hybridized carbons (Fsp3) is 0.409. The van der Waals surface area contributed by atoms with Crippen molar-refractivity contribution in [2.75, 3.05) is 40.8 Å². The van der Waals surface area contributed by atoms with Gasteiger partial charge in [-0.05, 0) is 42.0 Å². The summed E-state index contributed by atoms with van der Waals surface area (Å²) in [6, 6.07) is 7.91. The van der Waals surface area contributed by atoms with Crippen LogP contribution in [0.4, 0.5) is 0 Å². The minimum absolute atomic E-state index is 0.103. The number of fused-ring (bicyclic) bond motifs is 1. The van der Waals surface area contributed by atoms with Crippen molar-refractivity contribution in [3.63, 3.8) is 0 Å². The molecule has 0 aromatic heterocycles. The van der Waals surface area contributed by atoms with Crippen LogP contribution in [0.5, 0.6) is 11.5 Å². The van der Waals surface area contributed by atoms with Gasteiger partial charge in [0.05, 0.1) is 13.2 Å². The number of methoxy groups -OCH3 is 2. The maximum atomic E-state index is 11.8. The van der Waals surface area contributed by atoms with Gasteiger partial charge < -0.3 is 23.7 Å². The van der Waals surface area contributed by atoms with E-state index in [4.69, 9.17) is 23.7 Å². The van der Waals surface area contributed by atoms with Crippen molar-refractivity contribution in [3.8, 4) is 11.5 Å². The van der Waals surface area contributed by atoms with Gasteiger partial charge in [0.15, 0.2) is 18.3 Å². The van der Waals surface area contributed by atoms with E-state index in [1.54, 1.807) is 27.2 Å². The largest absolute Gasteiger partial charge is 0.487 e. The lowest BCUT2D eigenvalue weighted by Crippen LogP contribution is -2.08. The van der Waals surface area contributed by atoms with E-state index in [0.29, 0.717) is 31.3 Å². The molecule has 0 spiro atoms. The number of hydrogen-bond acceptors (Lipinski definition) is 6. The average Bonchev–Trinajstić information content (AvgIpc) is 2.71. The number of esters is 1. The van der Waals surface area contributed by atoms with E-state index in [0.717, 1.165) is 28.3 Å². The van der Waals surface area contributed by atoms with Gasteiger partial charge in [0, 0.05) is 25.7 Å². The van der Waals surface area contributed by atoms with Gasteiger partial charge in [0.2, 0.25) is 0 Å². The summed E-state index contributed by atoms with van der Waals surface area (Å²) in [5.74, 6) is 0.813. The van der Waals surface area contributed by atoms with Gasteiger partial charge in [-0.3, -0.25) is 0 Å². The molecule has 0 aliphatic rings. The van der Waals surface area contributed by atoms with Crippen LogP contribution in [0.2, 0.25) is 0 Å². The molecule has 0 saturated carbocycles. The summed E-state index contributed by atoms with van der Waals surface area (Å²) in [7, 11) is 3.19. The highest BCUT2D eigenvalue weighted by molar-refractivity contribution is 6.01. The molecule has 0 aliphatic carbocycles. The minimum Gasteiger partial charge on any atom is -0.487 e. The van der Waals surface area contributed by atoms with Crippen molar-refractivity contribution in [2.45, 2.75) is 20.3 Å². The summed E-state index contributed by atoms with van der Waals surface area (Å²) >= 11 is 0. The monoisotopic (exact) mass is 388 g/mol. The highest BCUT2D eigenvalue weighted by Crippen LogP contribution is 2.41. The van der Waals surface area contributed by atoms with Crippen LogP contribution in [-0.2, 0) is 25.4 Å². The third kappa shape index (κ3) is 5.47. The van der Waals surface area contributed by atoms with Crippen LogP contribution in [-0.4, -0.2) is 46.8 Å². The van der Waals surface area contributed by atoms with E-state index >= 15 is 0 Å². The van der Waals surface area contributed by atoms with E-state index in [9.17, 15) is 4.79 Å². The molecule has 0 atom stereocenters. The second-order valence-electron chi connectivity index (χ2n) is 5.96. The van der Waals surface area contributed by atoms with Gasteiger partial charge in [-0.1, -0.05) is 25.1 Å². The van der Waals surface area contributed by atoms with Gasteiger partial charge in [-0.25, -0.2) is 4.79 Å². The SMILES string of the molecule is CCOC(=O)/C=C\c1cc(OCCOC)c(OCOC)c2c(CC)cccc12. The molecule has 0 fully saturated rings. The maximum absolute atomic E-state index is 11.8. The van der Waals surface area contributed by atoms with Crippen molar-refractivity contribution in [3.05, 3.63) is 41.5 Å². The van der Waals surface area contributed by atoms with E-state index in [1.807, 2.05) is 18.2 Å². The van der Waals surface area contributed by atoms with E-state index < -0.39 is 0 Å². The van der Waals surface area contributed by atoms with Crippen LogP contribution in [0.15, 0.2) is 30.3 Å². The Bertz CT molecular complexity index is 812. The van der Waals surface area contributed by atoms with Crippen LogP contribution < -0.4 is 9.47 Å². The Morgan fingerprint density at radius 1 is 1.07 bits per heavy atom. The third-order valence-corrected chi connectivity index (χ3v) is 4.13. The third-order valence-electron chi connectivity index (χ3n) is 4.13.